The Hall–Kier alpha value is -2.00. The highest BCUT2D eigenvalue weighted by Gasteiger charge is 2.15. The Labute approximate surface area is 153 Å². The molecular formula is C25H30. The summed E-state index contributed by atoms with van der Waals surface area (Å²) in [6, 6.07) is 17.8. The Balaban J connectivity index is 1.62. The topological polar surface area (TPSA) is 0 Å². The van der Waals surface area contributed by atoms with Crippen LogP contribution in [0.3, 0.4) is 0 Å². The number of hydrogen-bond donors (Lipinski definition) is 0. The third-order valence-corrected chi connectivity index (χ3v) is 5.43. The maximum atomic E-state index is 3.49. The van der Waals surface area contributed by atoms with Crippen LogP contribution in [0.2, 0.25) is 0 Å². The largest absolute Gasteiger partial charge is 0.0945 e. The molecule has 2 aromatic carbocycles. The second kappa shape index (κ2) is 8.91. The minimum Gasteiger partial charge on any atom is -0.0945 e. The molecule has 3 rings (SSSR count). The van der Waals surface area contributed by atoms with E-state index >= 15 is 0 Å². The second-order valence-corrected chi connectivity index (χ2v) is 7.60. The highest BCUT2D eigenvalue weighted by Crippen LogP contribution is 2.27. The van der Waals surface area contributed by atoms with Gasteiger partial charge in [0.25, 0.3) is 0 Å². The van der Waals surface area contributed by atoms with Crippen molar-refractivity contribution in [1.29, 1.82) is 0 Å². The predicted octanol–water partition coefficient (Wildman–Crippen LogP) is 6.87. The standard InChI is InChI=1S/C25H30/c1-3-4-5-21-12-16-24(17-13-21)25-18-14-23(15-19-25)11-10-22-8-6-20(2)7-9-22/h12-20,22H,3-9H2,1-2H3/t20-,22-. The zero-order chi connectivity index (χ0) is 17.5. The maximum absolute atomic E-state index is 3.49. The van der Waals surface area contributed by atoms with Crippen LogP contribution in [0.1, 0.15) is 63.5 Å². The monoisotopic (exact) mass is 330 g/mol. The van der Waals surface area contributed by atoms with Crippen LogP contribution in [0.4, 0.5) is 0 Å². The lowest BCUT2D eigenvalue weighted by Crippen LogP contribution is -2.10. The van der Waals surface area contributed by atoms with Gasteiger partial charge in [0.1, 0.15) is 0 Å². The minimum absolute atomic E-state index is 0.603. The van der Waals surface area contributed by atoms with Crippen LogP contribution in [-0.2, 0) is 6.42 Å². The van der Waals surface area contributed by atoms with Gasteiger partial charge in [-0.1, -0.05) is 68.5 Å². The van der Waals surface area contributed by atoms with E-state index in [1.807, 2.05) is 0 Å². The molecular weight excluding hydrogens is 300 g/mol. The summed E-state index contributed by atoms with van der Waals surface area (Å²) in [5.74, 6) is 8.38. The Morgan fingerprint density at radius 1 is 0.840 bits per heavy atom. The fourth-order valence-electron chi connectivity index (χ4n) is 3.58. The summed E-state index contributed by atoms with van der Waals surface area (Å²) in [5, 5.41) is 0. The first-order valence-electron chi connectivity index (χ1n) is 9.95. The summed E-state index contributed by atoms with van der Waals surface area (Å²) in [6.07, 6.45) is 8.94. The van der Waals surface area contributed by atoms with E-state index < -0.39 is 0 Å². The third kappa shape index (κ3) is 5.23. The Morgan fingerprint density at radius 2 is 1.44 bits per heavy atom. The Kier molecular flexibility index (Phi) is 6.35. The van der Waals surface area contributed by atoms with Gasteiger partial charge in [-0.3, -0.25) is 0 Å². The first-order valence-corrected chi connectivity index (χ1v) is 9.95. The number of aryl methyl sites for hydroxylation is 1. The van der Waals surface area contributed by atoms with Crippen LogP contribution >= 0.6 is 0 Å². The minimum atomic E-state index is 0.603. The summed E-state index contributed by atoms with van der Waals surface area (Å²) >= 11 is 0. The second-order valence-electron chi connectivity index (χ2n) is 7.60. The van der Waals surface area contributed by atoms with E-state index in [0.29, 0.717) is 5.92 Å². The van der Waals surface area contributed by atoms with Crippen molar-refractivity contribution in [3.05, 3.63) is 59.7 Å². The van der Waals surface area contributed by atoms with Gasteiger partial charge in [0.05, 0.1) is 0 Å². The Morgan fingerprint density at radius 3 is 2.04 bits per heavy atom. The van der Waals surface area contributed by atoms with E-state index in [1.54, 1.807) is 0 Å². The summed E-state index contributed by atoms with van der Waals surface area (Å²) in [4.78, 5) is 0. The van der Waals surface area contributed by atoms with Gasteiger partial charge in [-0.2, -0.15) is 0 Å². The molecule has 1 aliphatic rings. The maximum Gasteiger partial charge on any atom is 0.0245 e. The van der Waals surface area contributed by atoms with Crippen LogP contribution in [0.5, 0.6) is 0 Å². The summed E-state index contributed by atoms with van der Waals surface area (Å²) < 4.78 is 0. The van der Waals surface area contributed by atoms with Gasteiger partial charge in [0.15, 0.2) is 0 Å². The fourth-order valence-corrected chi connectivity index (χ4v) is 3.58. The van der Waals surface area contributed by atoms with Gasteiger partial charge in [-0.25, -0.2) is 0 Å². The number of benzene rings is 2. The highest BCUT2D eigenvalue weighted by atomic mass is 14.2. The molecule has 1 saturated carbocycles. The molecule has 0 heterocycles. The lowest BCUT2D eigenvalue weighted by molar-refractivity contribution is 0.337. The van der Waals surface area contributed by atoms with Crippen molar-refractivity contribution < 1.29 is 0 Å². The number of unbranched alkanes of at least 4 members (excludes halogenated alkanes) is 1. The van der Waals surface area contributed by atoms with Crippen molar-refractivity contribution >= 4 is 0 Å². The average molecular weight is 331 g/mol. The van der Waals surface area contributed by atoms with Crippen molar-refractivity contribution in [3.63, 3.8) is 0 Å². The predicted molar refractivity (Wildman–Crippen MR) is 108 cm³/mol. The number of rotatable bonds is 4. The molecule has 0 bridgehead atoms. The van der Waals surface area contributed by atoms with Crippen molar-refractivity contribution in [2.24, 2.45) is 11.8 Å². The third-order valence-electron chi connectivity index (χ3n) is 5.43. The van der Waals surface area contributed by atoms with E-state index in [2.05, 4.69) is 74.2 Å². The molecule has 0 N–H and O–H groups in total. The van der Waals surface area contributed by atoms with Gasteiger partial charge in [-0.05, 0) is 73.3 Å². The molecule has 0 nitrogen and oxygen atoms in total. The van der Waals surface area contributed by atoms with Crippen LogP contribution in [0.25, 0.3) is 11.1 Å². The van der Waals surface area contributed by atoms with E-state index in [0.717, 1.165) is 11.5 Å². The molecule has 1 aliphatic carbocycles. The van der Waals surface area contributed by atoms with E-state index in [4.69, 9.17) is 0 Å². The smallest absolute Gasteiger partial charge is 0.0245 e. The van der Waals surface area contributed by atoms with Crippen LogP contribution < -0.4 is 0 Å². The normalized spacial score (nSPS) is 19.9. The molecule has 130 valence electrons. The molecule has 0 spiro atoms. The quantitative estimate of drug-likeness (QED) is 0.536. The van der Waals surface area contributed by atoms with Crippen LogP contribution in [0, 0.1) is 23.7 Å². The van der Waals surface area contributed by atoms with Crippen molar-refractivity contribution in [2.45, 2.75) is 58.8 Å². The van der Waals surface area contributed by atoms with Crippen molar-refractivity contribution in [2.75, 3.05) is 0 Å². The van der Waals surface area contributed by atoms with E-state index in [9.17, 15) is 0 Å². The molecule has 0 heteroatoms. The first kappa shape index (κ1) is 17.8. The van der Waals surface area contributed by atoms with Crippen molar-refractivity contribution in [3.8, 4) is 23.0 Å². The van der Waals surface area contributed by atoms with Gasteiger partial charge < -0.3 is 0 Å². The highest BCUT2D eigenvalue weighted by molar-refractivity contribution is 5.64. The number of hydrogen-bond acceptors (Lipinski definition) is 0. The average Bonchev–Trinajstić information content (AvgIpc) is 2.67. The molecule has 25 heavy (non-hydrogen) atoms. The summed E-state index contributed by atoms with van der Waals surface area (Å²) in [5.41, 5.74) is 5.15. The fraction of sp³-hybridized carbons (Fsp3) is 0.440. The van der Waals surface area contributed by atoms with Gasteiger partial charge in [-0.15, -0.1) is 0 Å². The molecule has 0 aromatic heterocycles. The molecule has 0 aliphatic heterocycles. The van der Waals surface area contributed by atoms with Gasteiger partial charge in [0, 0.05) is 11.5 Å². The van der Waals surface area contributed by atoms with Gasteiger partial charge in [0.2, 0.25) is 0 Å². The van der Waals surface area contributed by atoms with Crippen LogP contribution in [0.15, 0.2) is 48.5 Å². The van der Waals surface area contributed by atoms with Crippen LogP contribution in [-0.4, -0.2) is 0 Å². The molecule has 0 atom stereocenters. The SMILES string of the molecule is CCCCc1ccc(-c2ccc(C#C[C@H]3CC[C@H](C)CC3)cc2)cc1. The molecule has 0 radical (unpaired) electrons. The van der Waals surface area contributed by atoms with E-state index in [1.165, 1.54) is 61.6 Å². The summed E-state index contributed by atoms with van der Waals surface area (Å²) in [6.45, 7) is 4.60. The Bertz CT molecular complexity index is 701. The van der Waals surface area contributed by atoms with Gasteiger partial charge >= 0.3 is 0 Å². The van der Waals surface area contributed by atoms with E-state index in [-0.39, 0.29) is 0 Å². The lowest BCUT2D eigenvalue weighted by atomic mass is 9.83. The first-order chi connectivity index (χ1) is 12.2. The zero-order valence-electron chi connectivity index (χ0n) is 15.7. The zero-order valence-corrected chi connectivity index (χ0v) is 15.7. The lowest BCUT2D eigenvalue weighted by Gasteiger charge is -2.21. The molecule has 2 aromatic rings. The summed E-state index contributed by atoms with van der Waals surface area (Å²) in [7, 11) is 0. The molecule has 0 unspecified atom stereocenters. The molecule has 0 saturated heterocycles. The van der Waals surface area contributed by atoms with Crippen molar-refractivity contribution in [1.82, 2.24) is 0 Å². The molecule has 0 amide bonds. The molecule has 1 fully saturated rings.